The average Bonchev–Trinajstić information content (AvgIpc) is 3.10. The first kappa shape index (κ1) is 16.4. The molecule has 3 N–H and O–H groups in total. The molecule has 0 saturated heterocycles. The highest BCUT2D eigenvalue weighted by Crippen LogP contribution is 2.22. The Morgan fingerprint density at radius 2 is 1.92 bits per heavy atom. The number of hydrogen-bond acceptors (Lipinski definition) is 2. The highest BCUT2D eigenvalue weighted by molar-refractivity contribution is 7.10. The zero-order valence-corrected chi connectivity index (χ0v) is 14.4. The number of nitrogens with one attached hydrogen (secondary N) is 1. The van der Waals surface area contributed by atoms with Crippen LogP contribution in [-0.2, 0) is 4.79 Å². The fraction of sp³-hybridized carbons (Fsp3) is 0.150. The Morgan fingerprint density at radius 1 is 1.08 bits per heavy atom. The molecule has 122 valence electrons. The number of carbonyl (C=O) groups is 1. The van der Waals surface area contributed by atoms with E-state index in [0.717, 1.165) is 11.3 Å². The Kier molecular flexibility index (Phi) is 5.41. The lowest BCUT2D eigenvalue weighted by Crippen LogP contribution is -2.87. The van der Waals surface area contributed by atoms with Crippen LogP contribution in [0.2, 0.25) is 0 Å². The van der Waals surface area contributed by atoms with Gasteiger partial charge in [0.25, 0.3) is 5.91 Å². The first-order valence-corrected chi connectivity index (χ1v) is 8.88. The second-order valence-electron chi connectivity index (χ2n) is 5.76. The van der Waals surface area contributed by atoms with E-state index in [-0.39, 0.29) is 11.9 Å². The fourth-order valence-corrected chi connectivity index (χ4v) is 3.56. The maximum absolute atomic E-state index is 12.3. The van der Waals surface area contributed by atoms with Crippen LogP contribution in [0.1, 0.15) is 22.0 Å². The third kappa shape index (κ3) is 4.31. The van der Waals surface area contributed by atoms with Crippen molar-refractivity contribution in [2.75, 3.05) is 11.9 Å². The summed E-state index contributed by atoms with van der Waals surface area (Å²) in [5.74, 6) is 0.0121. The number of rotatable bonds is 6. The third-order valence-electron chi connectivity index (χ3n) is 3.85. The molecule has 3 aromatic rings. The second kappa shape index (κ2) is 7.90. The molecule has 0 spiro atoms. The van der Waals surface area contributed by atoms with Gasteiger partial charge in [-0.15, -0.1) is 11.3 Å². The summed E-state index contributed by atoms with van der Waals surface area (Å²) in [6.07, 6.45) is 0. The molecule has 4 heteroatoms. The highest BCUT2D eigenvalue weighted by Gasteiger charge is 2.19. The molecule has 1 atom stereocenters. The Morgan fingerprint density at radius 3 is 2.62 bits per heavy atom. The van der Waals surface area contributed by atoms with Crippen LogP contribution in [0.3, 0.4) is 0 Å². The van der Waals surface area contributed by atoms with E-state index in [0.29, 0.717) is 6.54 Å². The monoisotopic (exact) mass is 337 g/mol. The van der Waals surface area contributed by atoms with Gasteiger partial charge in [-0.2, -0.15) is 0 Å². The van der Waals surface area contributed by atoms with E-state index in [1.807, 2.05) is 49.4 Å². The lowest BCUT2D eigenvalue weighted by Gasteiger charge is -2.14. The van der Waals surface area contributed by atoms with Crippen LogP contribution in [0, 0.1) is 6.92 Å². The molecule has 1 amide bonds. The van der Waals surface area contributed by atoms with E-state index < -0.39 is 0 Å². The van der Waals surface area contributed by atoms with Crippen molar-refractivity contribution in [1.82, 2.24) is 0 Å². The van der Waals surface area contributed by atoms with Crippen LogP contribution in [0.15, 0.2) is 72.1 Å². The molecule has 0 aliphatic heterocycles. The van der Waals surface area contributed by atoms with Gasteiger partial charge in [-0.25, -0.2) is 0 Å². The van der Waals surface area contributed by atoms with Crippen LogP contribution in [0.25, 0.3) is 0 Å². The van der Waals surface area contributed by atoms with Crippen molar-refractivity contribution in [3.63, 3.8) is 0 Å². The predicted molar refractivity (Wildman–Crippen MR) is 99.2 cm³/mol. The van der Waals surface area contributed by atoms with Crippen molar-refractivity contribution in [2.45, 2.75) is 13.0 Å². The number of hydrogen-bond donors (Lipinski definition) is 2. The highest BCUT2D eigenvalue weighted by atomic mass is 32.1. The molecule has 1 heterocycles. The minimum atomic E-state index is 0.0121. The Labute approximate surface area is 146 Å². The van der Waals surface area contributed by atoms with Crippen LogP contribution in [0.4, 0.5) is 5.69 Å². The number of carbonyl (C=O) groups excluding carboxylic acids is 1. The van der Waals surface area contributed by atoms with Crippen molar-refractivity contribution < 1.29 is 10.1 Å². The normalized spacial score (nSPS) is 11.9. The van der Waals surface area contributed by atoms with E-state index in [9.17, 15) is 4.79 Å². The third-order valence-corrected chi connectivity index (χ3v) is 4.80. The molecule has 24 heavy (non-hydrogen) atoms. The standard InChI is InChI=1S/C20H20N2OS/c1-15-7-5-10-17(13-15)22-19(23)14-21-20(18-11-6-12-24-18)16-8-3-2-4-9-16/h2-13,20-21H,14H2,1H3,(H,22,23)/p+1/t20-/m1/s1. The maximum atomic E-state index is 12.3. The molecule has 0 aliphatic rings. The van der Waals surface area contributed by atoms with E-state index in [2.05, 4.69) is 40.3 Å². The minimum absolute atomic E-state index is 0.0121. The van der Waals surface area contributed by atoms with Gasteiger partial charge in [0.1, 0.15) is 6.04 Å². The average molecular weight is 337 g/mol. The van der Waals surface area contributed by atoms with Crippen LogP contribution in [-0.4, -0.2) is 12.5 Å². The summed E-state index contributed by atoms with van der Waals surface area (Å²) in [6, 6.07) is 22.5. The van der Waals surface area contributed by atoms with Crippen LogP contribution in [0.5, 0.6) is 0 Å². The second-order valence-corrected chi connectivity index (χ2v) is 6.74. The molecule has 2 aromatic carbocycles. The summed E-state index contributed by atoms with van der Waals surface area (Å²) in [5.41, 5.74) is 3.20. The molecule has 0 bridgehead atoms. The first-order chi connectivity index (χ1) is 11.7. The van der Waals surface area contributed by atoms with Gasteiger partial charge in [0.15, 0.2) is 6.54 Å². The number of anilines is 1. The molecule has 3 rings (SSSR count). The molecule has 0 unspecified atom stereocenters. The van der Waals surface area contributed by atoms with Gasteiger partial charge in [-0.05, 0) is 36.1 Å². The fourth-order valence-electron chi connectivity index (χ4n) is 2.70. The molecule has 0 saturated carbocycles. The molecule has 0 fully saturated rings. The van der Waals surface area contributed by atoms with Gasteiger partial charge in [-0.1, -0.05) is 48.5 Å². The van der Waals surface area contributed by atoms with Crippen molar-refractivity contribution in [3.8, 4) is 0 Å². The van der Waals surface area contributed by atoms with Crippen molar-refractivity contribution in [3.05, 3.63) is 88.1 Å². The van der Waals surface area contributed by atoms with E-state index in [4.69, 9.17) is 0 Å². The predicted octanol–water partition coefficient (Wildman–Crippen LogP) is 3.35. The smallest absolute Gasteiger partial charge is 0.279 e. The summed E-state index contributed by atoms with van der Waals surface area (Å²) >= 11 is 1.72. The summed E-state index contributed by atoms with van der Waals surface area (Å²) < 4.78 is 0. The van der Waals surface area contributed by atoms with Crippen LogP contribution < -0.4 is 10.6 Å². The van der Waals surface area contributed by atoms with Gasteiger partial charge < -0.3 is 10.6 Å². The SMILES string of the molecule is Cc1cccc(NC(=O)C[NH2+][C@H](c2ccccc2)c2cccs2)c1. The van der Waals surface area contributed by atoms with Crippen molar-refractivity contribution >= 4 is 22.9 Å². The summed E-state index contributed by atoms with van der Waals surface area (Å²) in [4.78, 5) is 13.5. The van der Waals surface area contributed by atoms with Gasteiger partial charge in [0.05, 0.1) is 4.88 Å². The molecule has 0 aliphatic carbocycles. The number of quaternary nitrogens is 1. The van der Waals surface area contributed by atoms with E-state index in [1.54, 1.807) is 11.3 Å². The van der Waals surface area contributed by atoms with E-state index >= 15 is 0 Å². The molecule has 3 nitrogen and oxygen atoms in total. The molecule has 0 radical (unpaired) electrons. The summed E-state index contributed by atoms with van der Waals surface area (Å²) in [7, 11) is 0. The zero-order chi connectivity index (χ0) is 16.8. The molecule has 1 aromatic heterocycles. The molecular formula is C20H21N2OS+. The van der Waals surface area contributed by atoms with Crippen molar-refractivity contribution in [1.29, 1.82) is 0 Å². The lowest BCUT2D eigenvalue weighted by molar-refractivity contribution is -0.675. The number of aryl methyl sites for hydroxylation is 1. The molecular weight excluding hydrogens is 316 g/mol. The maximum Gasteiger partial charge on any atom is 0.279 e. The zero-order valence-electron chi connectivity index (χ0n) is 13.6. The number of thiophene rings is 1. The van der Waals surface area contributed by atoms with Gasteiger partial charge in [-0.3, -0.25) is 4.79 Å². The van der Waals surface area contributed by atoms with Crippen molar-refractivity contribution in [2.24, 2.45) is 0 Å². The van der Waals surface area contributed by atoms with Gasteiger partial charge in [0, 0.05) is 11.3 Å². The lowest BCUT2D eigenvalue weighted by atomic mass is 10.1. The Balaban J connectivity index is 1.67. The minimum Gasteiger partial charge on any atom is -0.328 e. The quantitative estimate of drug-likeness (QED) is 0.712. The largest absolute Gasteiger partial charge is 0.328 e. The summed E-state index contributed by atoms with van der Waals surface area (Å²) in [5, 5.41) is 7.13. The number of nitrogens with two attached hydrogens (primary N) is 1. The van der Waals surface area contributed by atoms with Gasteiger partial charge in [0.2, 0.25) is 0 Å². The van der Waals surface area contributed by atoms with Crippen LogP contribution >= 0.6 is 11.3 Å². The Bertz CT molecular complexity index is 784. The number of benzene rings is 2. The topological polar surface area (TPSA) is 45.7 Å². The number of amides is 1. The summed E-state index contributed by atoms with van der Waals surface area (Å²) in [6.45, 7) is 2.40. The van der Waals surface area contributed by atoms with Gasteiger partial charge >= 0.3 is 0 Å². The first-order valence-electron chi connectivity index (χ1n) is 8.00. The Hall–Kier alpha value is -2.43. The van der Waals surface area contributed by atoms with E-state index in [1.165, 1.54) is 10.4 Å².